The molecule has 0 aromatic carbocycles. The molecule has 3 rings (SSSR count). The fourth-order valence-corrected chi connectivity index (χ4v) is 2.99. The number of amides is 1. The van der Waals surface area contributed by atoms with Gasteiger partial charge in [0.1, 0.15) is 5.56 Å². The summed E-state index contributed by atoms with van der Waals surface area (Å²) >= 11 is 0. The highest BCUT2D eigenvalue weighted by atomic mass is 16.2. The molecule has 2 atom stereocenters. The first-order valence-electron chi connectivity index (χ1n) is 7.34. The van der Waals surface area contributed by atoms with Gasteiger partial charge in [0.25, 0.3) is 5.91 Å². The predicted octanol–water partition coefficient (Wildman–Crippen LogP) is 1.16. The van der Waals surface area contributed by atoms with Gasteiger partial charge in [-0.3, -0.25) is 4.79 Å². The van der Waals surface area contributed by atoms with Crippen LogP contribution in [0.3, 0.4) is 0 Å². The van der Waals surface area contributed by atoms with Crippen molar-refractivity contribution in [3.05, 3.63) is 29.2 Å². The monoisotopic (exact) mass is 287 g/mol. The lowest BCUT2D eigenvalue weighted by molar-refractivity contribution is 0.0787. The molecule has 2 aromatic heterocycles. The summed E-state index contributed by atoms with van der Waals surface area (Å²) in [6.45, 7) is 7.37. The molecule has 112 valence electrons. The Hall–Kier alpha value is -1.95. The maximum atomic E-state index is 12.7. The van der Waals surface area contributed by atoms with E-state index < -0.39 is 0 Å². The third-order valence-corrected chi connectivity index (χ3v) is 4.26. The van der Waals surface area contributed by atoms with Crippen molar-refractivity contribution < 1.29 is 4.79 Å². The Kier molecular flexibility index (Phi) is 3.41. The number of carbonyl (C=O) groups is 1. The van der Waals surface area contributed by atoms with Gasteiger partial charge >= 0.3 is 0 Å². The van der Waals surface area contributed by atoms with Crippen molar-refractivity contribution in [2.45, 2.75) is 33.2 Å². The van der Waals surface area contributed by atoms with Crippen molar-refractivity contribution in [1.29, 1.82) is 0 Å². The number of rotatable bonds is 2. The van der Waals surface area contributed by atoms with Crippen LogP contribution in [0.25, 0.3) is 5.65 Å². The molecule has 1 amide bonds. The van der Waals surface area contributed by atoms with Crippen LogP contribution in [0.2, 0.25) is 0 Å². The van der Waals surface area contributed by atoms with E-state index in [1.807, 2.05) is 31.7 Å². The second kappa shape index (κ2) is 5.11. The summed E-state index contributed by atoms with van der Waals surface area (Å²) < 4.78 is 1.72. The third kappa shape index (κ3) is 2.40. The summed E-state index contributed by atoms with van der Waals surface area (Å²) in [7, 11) is 0. The van der Waals surface area contributed by atoms with Crippen LogP contribution in [0, 0.1) is 19.8 Å². The lowest BCUT2D eigenvalue weighted by atomic mass is 10.0. The molecule has 0 saturated carbocycles. The van der Waals surface area contributed by atoms with E-state index in [1.54, 1.807) is 10.7 Å². The molecule has 1 fully saturated rings. The minimum Gasteiger partial charge on any atom is -0.338 e. The number of nitrogens with two attached hydrogens (primary N) is 1. The van der Waals surface area contributed by atoms with E-state index in [9.17, 15) is 4.79 Å². The topological polar surface area (TPSA) is 76.5 Å². The van der Waals surface area contributed by atoms with E-state index >= 15 is 0 Å². The van der Waals surface area contributed by atoms with Gasteiger partial charge < -0.3 is 10.6 Å². The van der Waals surface area contributed by atoms with E-state index in [2.05, 4.69) is 10.1 Å². The van der Waals surface area contributed by atoms with Crippen LogP contribution < -0.4 is 5.73 Å². The fourth-order valence-electron chi connectivity index (χ4n) is 2.99. The molecule has 0 radical (unpaired) electrons. The van der Waals surface area contributed by atoms with E-state index in [0.29, 0.717) is 17.1 Å². The van der Waals surface area contributed by atoms with Crippen molar-refractivity contribution in [3.63, 3.8) is 0 Å². The Morgan fingerprint density at radius 1 is 1.48 bits per heavy atom. The predicted molar refractivity (Wildman–Crippen MR) is 80.1 cm³/mol. The molecule has 2 aromatic rings. The lowest BCUT2D eigenvalue weighted by Crippen LogP contribution is -2.33. The van der Waals surface area contributed by atoms with E-state index in [-0.39, 0.29) is 11.9 Å². The molecule has 21 heavy (non-hydrogen) atoms. The first-order valence-corrected chi connectivity index (χ1v) is 7.34. The zero-order valence-electron chi connectivity index (χ0n) is 12.7. The normalized spacial score (nSPS) is 20.2. The zero-order valence-corrected chi connectivity index (χ0v) is 12.7. The Morgan fingerprint density at radius 3 is 2.90 bits per heavy atom. The summed E-state index contributed by atoms with van der Waals surface area (Å²) in [5.74, 6) is 0.387. The van der Waals surface area contributed by atoms with Gasteiger partial charge in [-0.05, 0) is 39.2 Å². The number of fused-ring (bicyclic) bond motifs is 1. The molecule has 6 nitrogen and oxygen atoms in total. The summed E-state index contributed by atoms with van der Waals surface area (Å²) in [4.78, 5) is 19.0. The smallest absolute Gasteiger partial charge is 0.259 e. The Balaban J connectivity index is 1.92. The van der Waals surface area contributed by atoms with Crippen molar-refractivity contribution >= 4 is 11.6 Å². The van der Waals surface area contributed by atoms with E-state index in [4.69, 9.17) is 5.73 Å². The quantitative estimate of drug-likeness (QED) is 0.899. The van der Waals surface area contributed by atoms with Gasteiger partial charge in [0.05, 0.1) is 6.20 Å². The second-order valence-electron chi connectivity index (χ2n) is 5.99. The average Bonchev–Trinajstić information content (AvgIpc) is 3.04. The Morgan fingerprint density at radius 2 is 2.24 bits per heavy atom. The van der Waals surface area contributed by atoms with Gasteiger partial charge in [0, 0.05) is 30.5 Å². The van der Waals surface area contributed by atoms with Crippen molar-refractivity contribution in [2.24, 2.45) is 11.7 Å². The number of carbonyl (C=O) groups excluding carboxylic acids is 1. The zero-order chi connectivity index (χ0) is 15.1. The molecular formula is C15H21N5O. The number of likely N-dealkylation sites (tertiary alicyclic amines) is 1. The Labute approximate surface area is 123 Å². The molecule has 2 N–H and O–H groups in total. The van der Waals surface area contributed by atoms with Gasteiger partial charge in [-0.2, -0.15) is 5.10 Å². The maximum Gasteiger partial charge on any atom is 0.259 e. The summed E-state index contributed by atoms with van der Waals surface area (Å²) in [5.41, 5.74) is 9.03. The molecular weight excluding hydrogens is 266 g/mol. The standard InChI is InChI=1S/C15H21N5O/c1-9-6-10(2)20-14(18-9)13(7-17-20)15(21)19-5-4-12(8-19)11(3)16/h6-7,11-12H,4-5,8,16H2,1-3H3. The molecule has 3 heterocycles. The van der Waals surface area contributed by atoms with Crippen molar-refractivity contribution in [2.75, 3.05) is 13.1 Å². The van der Waals surface area contributed by atoms with Gasteiger partial charge in [0.2, 0.25) is 0 Å². The molecule has 6 heteroatoms. The van der Waals surface area contributed by atoms with Crippen LogP contribution in [0.4, 0.5) is 0 Å². The molecule has 0 bridgehead atoms. The molecule has 2 unspecified atom stereocenters. The van der Waals surface area contributed by atoms with Crippen molar-refractivity contribution in [1.82, 2.24) is 19.5 Å². The minimum atomic E-state index is 0.00523. The third-order valence-electron chi connectivity index (χ3n) is 4.26. The summed E-state index contributed by atoms with van der Waals surface area (Å²) in [5, 5.41) is 4.29. The first kappa shape index (κ1) is 14.0. The number of hydrogen-bond acceptors (Lipinski definition) is 4. The number of nitrogens with zero attached hydrogens (tertiary/aromatic N) is 4. The van der Waals surface area contributed by atoms with Gasteiger partial charge in [-0.1, -0.05) is 0 Å². The minimum absolute atomic E-state index is 0.00523. The second-order valence-corrected chi connectivity index (χ2v) is 5.99. The molecule has 1 aliphatic rings. The van der Waals surface area contributed by atoms with E-state index in [1.165, 1.54) is 0 Å². The summed E-state index contributed by atoms with van der Waals surface area (Å²) in [6.07, 6.45) is 2.59. The highest BCUT2D eigenvalue weighted by Crippen LogP contribution is 2.22. The highest BCUT2D eigenvalue weighted by Gasteiger charge is 2.30. The largest absolute Gasteiger partial charge is 0.338 e. The molecule has 1 saturated heterocycles. The van der Waals surface area contributed by atoms with Gasteiger partial charge in [0.15, 0.2) is 5.65 Å². The molecule has 1 aliphatic heterocycles. The van der Waals surface area contributed by atoms with Crippen LogP contribution in [0.5, 0.6) is 0 Å². The molecule has 0 spiro atoms. The van der Waals surface area contributed by atoms with Crippen LogP contribution in [0.15, 0.2) is 12.3 Å². The lowest BCUT2D eigenvalue weighted by Gasteiger charge is -2.17. The fraction of sp³-hybridized carbons (Fsp3) is 0.533. The van der Waals surface area contributed by atoms with Crippen LogP contribution >= 0.6 is 0 Å². The number of aromatic nitrogens is 3. The summed E-state index contributed by atoms with van der Waals surface area (Å²) in [6, 6.07) is 2.07. The first-order chi connectivity index (χ1) is 9.97. The van der Waals surface area contributed by atoms with Crippen LogP contribution in [0.1, 0.15) is 35.1 Å². The highest BCUT2D eigenvalue weighted by molar-refractivity contribution is 5.99. The molecule has 0 aliphatic carbocycles. The maximum absolute atomic E-state index is 12.7. The number of aryl methyl sites for hydroxylation is 2. The van der Waals surface area contributed by atoms with Crippen molar-refractivity contribution in [3.8, 4) is 0 Å². The van der Waals surface area contributed by atoms with Gasteiger partial charge in [-0.25, -0.2) is 9.50 Å². The number of hydrogen-bond donors (Lipinski definition) is 1. The SMILES string of the molecule is Cc1cc(C)n2ncc(C(=O)N3CCC(C(C)N)C3)c2n1. The Bertz CT molecular complexity index is 691. The van der Waals surface area contributed by atoms with Crippen LogP contribution in [-0.4, -0.2) is 44.5 Å². The van der Waals surface area contributed by atoms with E-state index in [0.717, 1.165) is 30.9 Å². The van der Waals surface area contributed by atoms with Crippen LogP contribution in [-0.2, 0) is 0 Å². The van der Waals surface area contributed by atoms with Gasteiger partial charge in [-0.15, -0.1) is 0 Å². The average molecular weight is 287 g/mol.